The lowest BCUT2D eigenvalue weighted by molar-refractivity contribution is 0.196. The maximum absolute atomic E-state index is 5.90. The molecule has 0 atom stereocenters. The van der Waals surface area contributed by atoms with Gasteiger partial charge in [0.1, 0.15) is 0 Å². The Kier molecular flexibility index (Phi) is 10.3. The van der Waals surface area contributed by atoms with E-state index in [1.165, 1.54) is 29.3 Å². The number of nitrogens with one attached hydrogen (secondary N) is 1. The van der Waals surface area contributed by atoms with Crippen LogP contribution in [-0.2, 0) is 0 Å². The number of likely N-dealkylation sites (tertiary alicyclic amines) is 1. The third kappa shape index (κ3) is 6.67. The number of hydrogen-bond acceptors (Lipinski definition) is 4. The van der Waals surface area contributed by atoms with Gasteiger partial charge in [0.25, 0.3) is 0 Å². The van der Waals surface area contributed by atoms with E-state index in [1.54, 1.807) is 7.11 Å². The molecule has 168 valence electrons. The molecule has 1 fully saturated rings. The molecule has 1 aliphatic rings. The summed E-state index contributed by atoms with van der Waals surface area (Å²) >= 11 is 0. The summed E-state index contributed by atoms with van der Waals surface area (Å²) in [7, 11) is 1.68. The SMILES string of the molecule is COc1ccccc1OCCCN1CCC(Nc2cccc3ccccc23)CC1.Cl.Cl. The summed E-state index contributed by atoms with van der Waals surface area (Å²) in [6, 6.07) is 23.5. The van der Waals surface area contributed by atoms with Crippen LogP contribution >= 0.6 is 24.8 Å². The van der Waals surface area contributed by atoms with Crippen molar-refractivity contribution in [1.29, 1.82) is 0 Å². The number of hydrogen-bond donors (Lipinski definition) is 1. The minimum Gasteiger partial charge on any atom is -0.493 e. The van der Waals surface area contributed by atoms with Crippen molar-refractivity contribution in [3.8, 4) is 11.5 Å². The van der Waals surface area contributed by atoms with Crippen molar-refractivity contribution >= 4 is 41.3 Å². The maximum atomic E-state index is 5.90. The van der Waals surface area contributed by atoms with Crippen molar-refractivity contribution in [2.24, 2.45) is 0 Å². The van der Waals surface area contributed by atoms with Gasteiger partial charge in [-0.1, -0.05) is 48.5 Å². The number of nitrogens with zero attached hydrogens (tertiary/aromatic N) is 1. The van der Waals surface area contributed by atoms with Crippen molar-refractivity contribution in [3.63, 3.8) is 0 Å². The molecule has 0 spiro atoms. The molecule has 1 aliphatic heterocycles. The molecule has 0 aromatic heterocycles. The average Bonchev–Trinajstić information content (AvgIpc) is 2.78. The third-order valence-electron chi connectivity index (χ3n) is 5.68. The lowest BCUT2D eigenvalue weighted by Gasteiger charge is -2.33. The smallest absolute Gasteiger partial charge is 0.161 e. The molecule has 1 heterocycles. The third-order valence-corrected chi connectivity index (χ3v) is 5.68. The predicted molar refractivity (Wildman–Crippen MR) is 135 cm³/mol. The maximum Gasteiger partial charge on any atom is 0.161 e. The van der Waals surface area contributed by atoms with Gasteiger partial charge in [-0.15, -0.1) is 24.8 Å². The second-order valence-corrected chi connectivity index (χ2v) is 7.64. The number of para-hydroxylation sites is 2. The van der Waals surface area contributed by atoms with Gasteiger partial charge in [0.2, 0.25) is 0 Å². The zero-order valence-electron chi connectivity index (χ0n) is 18.0. The van der Waals surface area contributed by atoms with Gasteiger partial charge in [-0.05, 0) is 42.8 Å². The van der Waals surface area contributed by atoms with Crippen LogP contribution in [0.2, 0.25) is 0 Å². The summed E-state index contributed by atoms with van der Waals surface area (Å²) in [6.45, 7) is 4.07. The highest BCUT2D eigenvalue weighted by Gasteiger charge is 2.19. The lowest BCUT2D eigenvalue weighted by atomic mass is 10.0. The van der Waals surface area contributed by atoms with Crippen molar-refractivity contribution in [1.82, 2.24) is 4.90 Å². The standard InChI is InChI=1S/C25H30N2O2.2ClH/c1-28-24-12-4-5-13-25(24)29-19-7-16-27-17-14-21(15-18-27)26-23-11-6-9-20-8-2-3-10-22(20)23;;/h2-6,8-13,21,26H,7,14-19H2,1H3;2*1H. The van der Waals surface area contributed by atoms with Crippen LogP contribution in [0.25, 0.3) is 10.8 Å². The molecule has 0 amide bonds. The number of halogens is 2. The molecule has 31 heavy (non-hydrogen) atoms. The van der Waals surface area contributed by atoms with Crippen molar-refractivity contribution in [2.75, 3.05) is 38.7 Å². The van der Waals surface area contributed by atoms with Gasteiger partial charge in [0.05, 0.1) is 13.7 Å². The van der Waals surface area contributed by atoms with Crippen LogP contribution in [0.3, 0.4) is 0 Å². The van der Waals surface area contributed by atoms with E-state index < -0.39 is 0 Å². The van der Waals surface area contributed by atoms with Crippen LogP contribution in [0.1, 0.15) is 19.3 Å². The van der Waals surface area contributed by atoms with Gasteiger partial charge in [0, 0.05) is 36.7 Å². The fourth-order valence-electron chi connectivity index (χ4n) is 4.08. The summed E-state index contributed by atoms with van der Waals surface area (Å²) in [6.07, 6.45) is 3.38. The van der Waals surface area contributed by atoms with E-state index in [0.29, 0.717) is 12.6 Å². The van der Waals surface area contributed by atoms with Crippen molar-refractivity contribution in [3.05, 3.63) is 66.7 Å². The molecule has 0 saturated carbocycles. The lowest BCUT2D eigenvalue weighted by Crippen LogP contribution is -2.39. The van der Waals surface area contributed by atoms with Gasteiger partial charge in [0.15, 0.2) is 11.5 Å². The first-order valence-corrected chi connectivity index (χ1v) is 10.6. The Balaban J connectivity index is 0.00000171. The number of piperidine rings is 1. The first kappa shape index (κ1) is 25.1. The quantitative estimate of drug-likeness (QED) is 0.413. The van der Waals surface area contributed by atoms with E-state index in [1.807, 2.05) is 24.3 Å². The van der Waals surface area contributed by atoms with E-state index >= 15 is 0 Å². The molecule has 4 nitrogen and oxygen atoms in total. The Morgan fingerprint density at radius 3 is 2.32 bits per heavy atom. The molecule has 3 aromatic carbocycles. The van der Waals surface area contributed by atoms with Crippen LogP contribution in [0.15, 0.2) is 66.7 Å². The van der Waals surface area contributed by atoms with Crippen LogP contribution in [0.4, 0.5) is 5.69 Å². The molecule has 0 radical (unpaired) electrons. The fraction of sp³-hybridized carbons (Fsp3) is 0.360. The molecule has 4 rings (SSSR count). The first-order chi connectivity index (χ1) is 14.3. The number of anilines is 1. The topological polar surface area (TPSA) is 33.7 Å². The highest BCUT2D eigenvalue weighted by atomic mass is 35.5. The molecule has 1 saturated heterocycles. The monoisotopic (exact) mass is 462 g/mol. The summed E-state index contributed by atoms with van der Waals surface area (Å²) in [5.74, 6) is 1.63. The molecule has 1 N–H and O–H groups in total. The second-order valence-electron chi connectivity index (χ2n) is 7.64. The molecule has 0 aliphatic carbocycles. The minimum absolute atomic E-state index is 0. The Bertz CT molecular complexity index is 925. The van der Waals surface area contributed by atoms with Crippen molar-refractivity contribution < 1.29 is 9.47 Å². The highest BCUT2D eigenvalue weighted by Crippen LogP contribution is 2.27. The Morgan fingerprint density at radius 2 is 1.55 bits per heavy atom. The summed E-state index contributed by atoms with van der Waals surface area (Å²) < 4.78 is 11.2. The molecular weight excluding hydrogens is 431 g/mol. The number of ether oxygens (including phenoxy) is 2. The van der Waals surface area contributed by atoms with Gasteiger partial charge < -0.3 is 19.7 Å². The molecular formula is C25H32Cl2N2O2. The normalized spacial score (nSPS) is 14.4. The van der Waals surface area contributed by atoms with Crippen LogP contribution < -0.4 is 14.8 Å². The zero-order chi connectivity index (χ0) is 19.9. The number of fused-ring (bicyclic) bond motifs is 1. The molecule has 3 aromatic rings. The molecule has 0 bridgehead atoms. The van der Waals surface area contributed by atoms with Gasteiger partial charge in [-0.2, -0.15) is 0 Å². The van der Waals surface area contributed by atoms with Crippen LogP contribution in [-0.4, -0.2) is 44.3 Å². The number of methoxy groups -OCH3 is 1. The van der Waals surface area contributed by atoms with Gasteiger partial charge in [-0.25, -0.2) is 0 Å². The number of rotatable bonds is 8. The van der Waals surface area contributed by atoms with Crippen molar-refractivity contribution in [2.45, 2.75) is 25.3 Å². The average molecular weight is 463 g/mol. The summed E-state index contributed by atoms with van der Waals surface area (Å²) in [4.78, 5) is 2.55. The largest absolute Gasteiger partial charge is 0.493 e. The Labute approximate surface area is 197 Å². The summed E-state index contributed by atoms with van der Waals surface area (Å²) in [5, 5.41) is 6.39. The van der Waals surface area contributed by atoms with E-state index in [9.17, 15) is 0 Å². The van der Waals surface area contributed by atoms with E-state index in [2.05, 4.69) is 52.7 Å². The molecule has 0 unspecified atom stereocenters. The first-order valence-electron chi connectivity index (χ1n) is 10.6. The zero-order valence-corrected chi connectivity index (χ0v) is 19.6. The predicted octanol–water partition coefficient (Wildman–Crippen LogP) is 6.04. The van der Waals surface area contributed by atoms with E-state index in [0.717, 1.165) is 37.6 Å². The van der Waals surface area contributed by atoms with E-state index in [4.69, 9.17) is 9.47 Å². The minimum atomic E-state index is 0. The van der Waals surface area contributed by atoms with Gasteiger partial charge in [-0.3, -0.25) is 0 Å². The Hall–Kier alpha value is -2.14. The van der Waals surface area contributed by atoms with E-state index in [-0.39, 0.29) is 24.8 Å². The van der Waals surface area contributed by atoms with Crippen LogP contribution in [0, 0.1) is 0 Å². The Morgan fingerprint density at radius 1 is 0.871 bits per heavy atom. The second kappa shape index (κ2) is 12.7. The molecule has 6 heteroatoms. The van der Waals surface area contributed by atoms with Gasteiger partial charge >= 0.3 is 0 Å². The summed E-state index contributed by atoms with van der Waals surface area (Å²) in [5.41, 5.74) is 1.26. The van der Waals surface area contributed by atoms with Crippen LogP contribution in [0.5, 0.6) is 11.5 Å². The number of benzene rings is 3. The highest BCUT2D eigenvalue weighted by molar-refractivity contribution is 5.93. The fourth-order valence-corrected chi connectivity index (χ4v) is 4.08.